The van der Waals surface area contributed by atoms with E-state index in [4.69, 9.17) is 0 Å². The van der Waals surface area contributed by atoms with Gasteiger partial charge >= 0.3 is 0 Å². The third-order valence-electron chi connectivity index (χ3n) is 5.11. The Morgan fingerprint density at radius 3 is 1.77 bits per heavy atom. The van der Waals surface area contributed by atoms with Crippen molar-refractivity contribution < 1.29 is 9.59 Å². The maximum Gasteiger partial charge on any atom is 0.227 e. The molecule has 0 aliphatic carbocycles. The van der Waals surface area contributed by atoms with Gasteiger partial charge in [-0.05, 0) is 43.4 Å². The molecule has 0 fully saturated rings. The van der Waals surface area contributed by atoms with Crippen LogP contribution in [-0.4, -0.2) is 29.2 Å². The zero-order chi connectivity index (χ0) is 19.1. The molecule has 0 spiro atoms. The molecule has 0 radical (unpaired) electrons. The number of carbonyl (C=O) groups excluding carboxylic acids is 2. The third-order valence-corrected chi connectivity index (χ3v) is 5.11. The van der Waals surface area contributed by atoms with Crippen molar-refractivity contribution in [2.24, 2.45) is 0 Å². The van der Waals surface area contributed by atoms with E-state index < -0.39 is 0 Å². The van der Waals surface area contributed by atoms with Crippen molar-refractivity contribution in [3.8, 4) is 11.1 Å². The summed E-state index contributed by atoms with van der Waals surface area (Å²) in [6.45, 7) is 8.49. The van der Waals surface area contributed by atoms with Gasteiger partial charge in [0, 0.05) is 17.6 Å². The van der Waals surface area contributed by atoms with Crippen molar-refractivity contribution in [2.75, 3.05) is 0 Å². The van der Waals surface area contributed by atoms with Crippen LogP contribution in [0.1, 0.15) is 56.5 Å². The molecule has 2 unspecified atom stereocenters. The lowest BCUT2D eigenvalue weighted by Gasteiger charge is -2.34. The van der Waals surface area contributed by atoms with E-state index in [0.29, 0.717) is 12.0 Å². The Morgan fingerprint density at radius 1 is 0.885 bits per heavy atom. The van der Waals surface area contributed by atoms with Gasteiger partial charge in [-0.15, -0.1) is 0 Å². The molecular formula is C23H29NO2. The maximum atomic E-state index is 12.8. The smallest absolute Gasteiger partial charge is 0.227 e. The fourth-order valence-electron chi connectivity index (χ4n) is 3.15. The van der Waals surface area contributed by atoms with Crippen LogP contribution in [-0.2, 0) is 11.2 Å². The topological polar surface area (TPSA) is 37.4 Å². The van der Waals surface area contributed by atoms with Crippen LogP contribution in [0.15, 0.2) is 48.5 Å². The van der Waals surface area contributed by atoms with Crippen LogP contribution in [0.5, 0.6) is 0 Å². The average molecular weight is 351 g/mol. The molecular weight excluding hydrogens is 322 g/mol. The van der Waals surface area contributed by atoms with Gasteiger partial charge in [-0.1, -0.05) is 62.4 Å². The predicted octanol–water partition coefficient (Wildman–Crippen LogP) is 5.13. The third kappa shape index (κ3) is 4.81. The van der Waals surface area contributed by atoms with Crippen LogP contribution < -0.4 is 0 Å². The number of carbonyl (C=O) groups is 2. The van der Waals surface area contributed by atoms with E-state index in [-0.39, 0.29) is 18.0 Å². The summed E-state index contributed by atoms with van der Waals surface area (Å²) in [5.41, 5.74) is 3.85. The first-order chi connectivity index (χ1) is 12.5. The Hall–Kier alpha value is -2.42. The summed E-state index contributed by atoms with van der Waals surface area (Å²) in [7, 11) is 0. The van der Waals surface area contributed by atoms with E-state index in [1.54, 1.807) is 0 Å². The molecule has 0 N–H and O–H groups in total. The van der Waals surface area contributed by atoms with E-state index in [1.165, 1.54) is 0 Å². The maximum absolute atomic E-state index is 12.8. The van der Waals surface area contributed by atoms with Crippen molar-refractivity contribution >= 4 is 12.2 Å². The minimum Gasteiger partial charge on any atom is -0.337 e. The van der Waals surface area contributed by atoms with Gasteiger partial charge in [-0.2, -0.15) is 0 Å². The van der Waals surface area contributed by atoms with Gasteiger partial charge in [0.25, 0.3) is 0 Å². The Balaban J connectivity index is 2.11. The molecule has 26 heavy (non-hydrogen) atoms. The highest BCUT2D eigenvalue weighted by Crippen LogP contribution is 2.21. The molecule has 2 rings (SSSR count). The number of amides is 1. The van der Waals surface area contributed by atoms with E-state index in [1.807, 2.05) is 53.4 Å². The molecule has 0 heterocycles. The summed E-state index contributed by atoms with van der Waals surface area (Å²) in [6.07, 6.45) is 3.20. The highest BCUT2D eigenvalue weighted by atomic mass is 16.2. The Bertz CT molecular complexity index is 709. The largest absolute Gasteiger partial charge is 0.337 e. The molecule has 2 aromatic carbocycles. The quantitative estimate of drug-likeness (QED) is 0.618. The number of aldehydes is 1. The van der Waals surface area contributed by atoms with Gasteiger partial charge in [0.15, 0.2) is 0 Å². The molecule has 0 aliphatic heterocycles. The summed E-state index contributed by atoms with van der Waals surface area (Å²) in [5.74, 6) is 0.191. The summed E-state index contributed by atoms with van der Waals surface area (Å²) in [5, 5.41) is 0. The minimum atomic E-state index is 0.191. The number of benzene rings is 2. The molecule has 2 atom stereocenters. The number of rotatable bonds is 8. The second-order valence-corrected chi connectivity index (χ2v) is 6.93. The lowest BCUT2D eigenvalue weighted by atomic mass is 10.0. The lowest BCUT2D eigenvalue weighted by Crippen LogP contribution is -2.45. The predicted molar refractivity (Wildman–Crippen MR) is 107 cm³/mol. The van der Waals surface area contributed by atoms with Gasteiger partial charge in [-0.25, -0.2) is 0 Å². The number of nitrogens with zero attached hydrogens (tertiary/aromatic N) is 1. The minimum absolute atomic E-state index is 0.191. The molecule has 0 bridgehead atoms. The second-order valence-electron chi connectivity index (χ2n) is 6.93. The van der Waals surface area contributed by atoms with Crippen LogP contribution in [0.25, 0.3) is 11.1 Å². The van der Waals surface area contributed by atoms with E-state index in [9.17, 15) is 9.59 Å². The van der Waals surface area contributed by atoms with Crippen LogP contribution in [0, 0.1) is 0 Å². The highest BCUT2D eigenvalue weighted by molar-refractivity contribution is 5.80. The highest BCUT2D eigenvalue weighted by Gasteiger charge is 2.23. The molecule has 1 amide bonds. The number of hydrogen-bond acceptors (Lipinski definition) is 2. The second kappa shape index (κ2) is 9.33. The molecule has 3 nitrogen and oxygen atoms in total. The van der Waals surface area contributed by atoms with Crippen molar-refractivity contribution in [1.82, 2.24) is 4.90 Å². The van der Waals surface area contributed by atoms with Crippen LogP contribution in [0.3, 0.4) is 0 Å². The van der Waals surface area contributed by atoms with Crippen molar-refractivity contribution in [3.63, 3.8) is 0 Å². The monoisotopic (exact) mass is 351 g/mol. The zero-order valence-corrected chi connectivity index (χ0v) is 16.2. The van der Waals surface area contributed by atoms with Crippen LogP contribution >= 0.6 is 0 Å². The average Bonchev–Trinajstić information content (AvgIpc) is 2.68. The van der Waals surface area contributed by atoms with E-state index in [0.717, 1.165) is 35.8 Å². The first-order valence-electron chi connectivity index (χ1n) is 9.45. The van der Waals surface area contributed by atoms with Crippen LogP contribution in [0.4, 0.5) is 0 Å². The lowest BCUT2D eigenvalue weighted by molar-refractivity contribution is -0.135. The molecule has 0 aromatic heterocycles. The fraction of sp³-hybridized carbons (Fsp3) is 0.391. The first-order valence-corrected chi connectivity index (χ1v) is 9.45. The normalized spacial score (nSPS) is 13.1. The molecule has 138 valence electrons. The van der Waals surface area contributed by atoms with Crippen molar-refractivity contribution in [3.05, 3.63) is 59.7 Å². The Morgan fingerprint density at radius 2 is 1.35 bits per heavy atom. The SMILES string of the molecule is CCC(C)N(C(=O)Cc1ccc(-c2ccc(C=O)cc2)cc1)C(C)CC. The van der Waals surface area contributed by atoms with Crippen molar-refractivity contribution in [1.29, 1.82) is 0 Å². The van der Waals surface area contributed by atoms with Crippen molar-refractivity contribution in [2.45, 2.75) is 59.0 Å². The molecule has 0 saturated carbocycles. The Labute approximate surface area is 157 Å². The van der Waals surface area contributed by atoms with Gasteiger partial charge < -0.3 is 4.90 Å². The molecule has 2 aromatic rings. The molecule has 0 saturated heterocycles. The van der Waals surface area contributed by atoms with Gasteiger partial charge in [0.1, 0.15) is 6.29 Å². The summed E-state index contributed by atoms with van der Waals surface area (Å²) in [6, 6.07) is 16.1. The summed E-state index contributed by atoms with van der Waals surface area (Å²) >= 11 is 0. The molecule has 0 aliphatic rings. The summed E-state index contributed by atoms with van der Waals surface area (Å²) in [4.78, 5) is 25.6. The van der Waals surface area contributed by atoms with Gasteiger partial charge in [0.05, 0.1) is 6.42 Å². The fourth-order valence-corrected chi connectivity index (χ4v) is 3.15. The van der Waals surface area contributed by atoms with E-state index in [2.05, 4.69) is 27.7 Å². The van der Waals surface area contributed by atoms with Crippen LogP contribution in [0.2, 0.25) is 0 Å². The Kier molecular flexibility index (Phi) is 7.14. The number of hydrogen-bond donors (Lipinski definition) is 0. The first kappa shape index (κ1) is 19.9. The standard InChI is InChI=1S/C23H29NO2/c1-5-17(3)24(18(4)6-2)23(26)15-19-7-11-21(12-8-19)22-13-9-20(16-25)10-14-22/h7-14,16-18H,5-6,15H2,1-4H3. The summed E-state index contributed by atoms with van der Waals surface area (Å²) < 4.78 is 0. The van der Waals surface area contributed by atoms with Gasteiger partial charge in [-0.3, -0.25) is 9.59 Å². The molecule has 3 heteroatoms. The van der Waals surface area contributed by atoms with Gasteiger partial charge in [0.2, 0.25) is 5.91 Å². The van der Waals surface area contributed by atoms with E-state index >= 15 is 0 Å². The zero-order valence-electron chi connectivity index (χ0n) is 16.2.